The highest BCUT2D eigenvalue weighted by atomic mass is 79.9. The summed E-state index contributed by atoms with van der Waals surface area (Å²) in [6, 6.07) is 5.77. The van der Waals surface area contributed by atoms with E-state index in [0.717, 1.165) is 10.0 Å². The Balaban J connectivity index is 2.69. The molecule has 1 aromatic rings. The molecule has 0 aliphatic heterocycles. The molecule has 0 saturated heterocycles. The summed E-state index contributed by atoms with van der Waals surface area (Å²) in [7, 11) is 1.58. The predicted molar refractivity (Wildman–Crippen MR) is 53.0 cm³/mol. The van der Waals surface area contributed by atoms with Crippen LogP contribution in [0.1, 0.15) is 5.56 Å². The van der Waals surface area contributed by atoms with Gasteiger partial charge in [0.25, 0.3) is 0 Å². The third-order valence-electron chi connectivity index (χ3n) is 1.40. The molecule has 0 unspecified atom stereocenters. The van der Waals surface area contributed by atoms with Crippen LogP contribution >= 0.6 is 27.5 Å². The van der Waals surface area contributed by atoms with Gasteiger partial charge in [-0.05, 0) is 33.6 Å². The lowest BCUT2D eigenvalue weighted by atomic mass is 10.2. The Morgan fingerprint density at radius 2 is 2.33 bits per heavy atom. The Labute approximate surface area is 84.9 Å². The zero-order valence-corrected chi connectivity index (χ0v) is 8.95. The molecule has 0 spiro atoms. The smallest absolute Gasteiger partial charge is 0.0572 e. The molecular formula is C8H9BrClNO. The van der Waals surface area contributed by atoms with Crippen LogP contribution in [0.4, 0.5) is 0 Å². The van der Waals surface area contributed by atoms with Crippen molar-refractivity contribution in [3.05, 3.63) is 33.3 Å². The maximum absolute atomic E-state index is 5.88. The predicted octanol–water partition coefficient (Wildman–Crippen LogP) is 2.75. The van der Waals surface area contributed by atoms with Gasteiger partial charge in [-0.25, -0.2) is 0 Å². The molecule has 0 fully saturated rings. The molecule has 0 atom stereocenters. The van der Waals surface area contributed by atoms with Crippen molar-refractivity contribution in [3.63, 3.8) is 0 Å². The molecule has 0 saturated carbocycles. The topological polar surface area (TPSA) is 21.3 Å². The fourth-order valence-electron chi connectivity index (χ4n) is 0.805. The minimum Gasteiger partial charge on any atom is -0.305 e. The number of hydrogen-bond acceptors (Lipinski definition) is 2. The minimum absolute atomic E-state index is 0.656. The Morgan fingerprint density at radius 1 is 1.58 bits per heavy atom. The van der Waals surface area contributed by atoms with Gasteiger partial charge in [-0.15, -0.1) is 0 Å². The van der Waals surface area contributed by atoms with Crippen molar-refractivity contribution in [1.82, 2.24) is 5.48 Å². The van der Waals surface area contributed by atoms with Gasteiger partial charge in [0, 0.05) is 11.0 Å². The van der Waals surface area contributed by atoms with Crippen LogP contribution in [-0.4, -0.2) is 7.11 Å². The molecule has 0 heterocycles. The third-order valence-corrected chi connectivity index (χ3v) is 2.64. The number of benzene rings is 1. The van der Waals surface area contributed by atoms with E-state index in [1.54, 1.807) is 7.11 Å². The summed E-state index contributed by atoms with van der Waals surface area (Å²) < 4.78 is 0.908. The van der Waals surface area contributed by atoms with Crippen molar-refractivity contribution in [3.8, 4) is 0 Å². The fourth-order valence-corrected chi connectivity index (χ4v) is 1.25. The Hall–Kier alpha value is -0.0900. The summed E-state index contributed by atoms with van der Waals surface area (Å²) in [5.41, 5.74) is 3.83. The fraction of sp³-hybridized carbons (Fsp3) is 0.250. The highest BCUT2D eigenvalue weighted by Crippen LogP contribution is 2.22. The molecule has 1 rings (SSSR count). The monoisotopic (exact) mass is 249 g/mol. The normalized spacial score (nSPS) is 10.2. The first-order valence-electron chi connectivity index (χ1n) is 3.44. The molecular weight excluding hydrogens is 241 g/mol. The van der Waals surface area contributed by atoms with Crippen molar-refractivity contribution in [2.45, 2.75) is 6.54 Å². The van der Waals surface area contributed by atoms with Crippen LogP contribution in [0.15, 0.2) is 22.7 Å². The van der Waals surface area contributed by atoms with Crippen molar-refractivity contribution in [2.24, 2.45) is 0 Å². The van der Waals surface area contributed by atoms with E-state index in [-0.39, 0.29) is 0 Å². The highest BCUT2D eigenvalue weighted by molar-refractivity contribution is 9.10. The first-order valence-corrected chi connectivity index (χ1v) is 4.61. The molecule has 0 amide bonds. The van der Waals surface area contributed by atoms with Crippen molar-refractivity contribution in [1.29, 1.82) is 0 Å². The van der Waals surface area contributed by atoms with Gasteiger partial charge < -0.3 is 4.84 Å². The maximum Gasteiger partial charge on any atom is 0.0572 e. The number of hydrogen-bond donors (Lipinski definition) is 1. The molecule has 2 nitrogen and oxygen atoms in total. The zero-order valence-electron chi connectivity index (χ0n) is 6.60. The summed E-state index contributed by atoms with van der Waals surface area (Å²) in [5, 5.41) is 0.713. The molecule has 1 aromatic carbocycles. The lowest BCUT2D eigenvalue weighted by molar-refractivity contribution is 0.0867. The van der Waals surface area contributed by atoms with Crippen LogP contribution in [-0.2, 0) is 11.4 Å². The minimum atomic E-state index is 0.656. The largest absolute Gasteiger partial charge is 0.305 e. The van der Waals surface area contributed by atoms with E-state index >= 15 is 0 Å². The van der Waals surface area contributed by atoms with Crippen LogP contribution in [0.5, 0.6) is 0 Å². The van der Waals surface area contributed by atoms with Crippen LogP contribution in [0, 0.1) is 0 Å². The summed E-state index contributed by atoms with van der Waals surface area (Å²) >= 11 is 9.19. The third kappa shape index (κ3) is 2.75. The van der Waals surface area contributed by atoms with E-state index in [0.29, 0.717) is 11.6 Å². The average Bonchev–Trinajstić information content (AvgIpc) is 2.07. The van der Waals surface area contributed by atoms with Gasteiger partial charge in [-0.3, -0.25) is 0 Å². The summed E-state index contributed by atoms with van der Waals surface area (Å²) in [6.07, 6.45) is 0. The SMILES string of the molecule is CONCc1ccc(Br)c(Cl)c1. The lowest BCUT2D eigenvalue weighted by Crippen LogP contribution is -2.10. The van der Waals surface area contributed by atoms with E-state index < -0.39 is 0 Å². The molecule has 1 N–H and O–H groups in total. The van der Waals surface area contributed by atoms with Gasteiger partial charge >= 0.3 is 0 Å². The van der Waals surface area contributed by atoms with E-state index in [1.807, 2.05) is 18.2 Å². The molecule has 0 aromatic heterocycles. The molecule has 0 bridgehead atoms. The van der Waals surface area contributed by atoms with Crippen molar-refractivity contribution < 1.29 is 4.84 Å². The van der Waals surface area contributed by atoms with E-state index in [1.165, 1.54) is 0 Å². The molecule has 4 heteroatoms. The second kappa shape index (κ2) is 4.82. The first-order chi connectivity index (χ1) is 5.74. The first kappa shape index (κ1) is 9.99. The Bertz CT molecular complexity index is 267. The van der Waals surface area contributed by atoms with Crippen LogP contribution in [0.3, 0.4) is 0 Å². The van der Waals surface area contributed by atoms with Gasteiger partial charge in [0.1, 0.15) is 0 Å². The Morgan fingerprint density at radius 3 is 2.92 bits per heavy atom. The van der Waals surface area contributed by atoms with Gasteiger partial charge in [0.15, 0.2) is 0 Å². The standard InChI is InChI=1S/C8H9BrClNO/c1-12-11-5-6-2-3-7(9)8(10)4-6/h2-4,11H,5H2,1H3. The zero-order chi connectivity index (χ0) is 8.97. The van der Waals surface area contributed by atoms with Crippen molar-refractivity contribution in [2.75, 3.05) is 7.11 Å². The van der Waals surface area contributed by atoms with Crippen molar-refractivity contribution >= 4 is 27.5 Å². The van der Waals surface area contributed by atoms with E-state index in [4.69, 9.17) is 16.4 Å². The van der Waals surface area contributed by atoms with Gasteiger partial charge in [-0.2, -0.15) is 5.48 Å². The number of rotatable bonds is 3. The summed E-state index contributed by atoms with van der Waals surface area (Å²) in [4.78, 5) is 4.71. The number of hydroxylamine groups is 1. The molecule has 12 heavy (non-hydrogen) atoms. The van der Waals surface area contributed by atoms with E-state index in [9.17, 15) is 0 Å². The van der Waals surface area contributed by atoms with Gasteiger partial charge in [-0.1, -0.05) is 17.7 Å². The maximum atomic E-state index is 5.88. The van der Waals surface area contributed by atoms with Crippen LogP contribution in [0.2, 0.25) is 5.02 Å². The van der Waals surface area contributed by atoms with Gasteiger partial charge in [0.2, 0.25) is 0 Å². The number of nitrogens with one attached hydrogen (secondary N) is 1. The Kier molecular flexibility index (Phi) is 4.01. The quantitative estimate of drug-likeness (QED) is 0.833. The summed E-state index contributed by atoms with van der Waals surface area (Å²) in [6.45, 7) is 0.656. The van der Waals surface area contributed by atoms with Crippen LogP contribution in [0.25, 0.3) is 0 Å². The number of halogens is 2. The second-order valence-corrected chi connectivity index (χ2v) is 3.54. The molecule has 0 aliphatic carbocycles. The molecule has 0 aliphatic rings. The molecule has 0 radical (unpaired) electrons. The molecule has 66 valence electrons. The lowest BCUT2D eigenvalue weighted by Gasteiger charge is -2.03. The highest BCUT2D eigenvalue weighted by Gasteiger charge is 1.97. The second-order valence-electron chi connectivity index (χ2n) is 2.27. The van der Waals surface area contributed by atoms with Crippen LogP contribution < -0.4 is 5.48 Å². The summed E-state index contributed by atoms with van der Waals surface area (Å²) in [5.74, 6) is 0. The van der Waals surface area contributed by atoms with Gasteiger partial charge in [0.05, 0.1) is 12.1 Å². The van der Waals surface area contributed by atoms with E-state index in [2.05, 4.69) is 21.4 Å². The average molecular weight is 251 g/mol.